The molecular formula is C13H15NO5. The van der Waals surface area contributed by atoms with Gasteiger partial charge in [0, 0.05) is 5.69 Å². The summed E-state index contributed by atoms with van der Waals surface area (Å²) < 4.78 is 4.65. The Morgan fingerprint density at radius 3 is 2.37 bits per heavy atom. The second-order valence-electron chi connectivity index (χ2n) is 3.80. The van der Waals surface area contributed by atoms with Gasteiger partial charge in [0.05, 0.1) is 13.0 Å². The zero-order valence-electron chi connectivity index (χ0n) is 10.5. The third-order valence-electron chi connectivity index (χ3n) is 2.20. The first-order valence-electron chi connectivity index (χ1n) is 5.77. The van der Waals surface area contributed by atoms with Crippen molar-refractivity contribution < 1.29 is 24.2 Å². The van der Waals surface area contributed by atoms with Crippen molar-refractivity contribution in [3.63, 3.8) is 0 Å². The van der Waals surface area contributed by atoms with Gasteiger partial charge in [0.2, 0.25) is 5.91 Å². The highest BCUT2D eigenvalue weighted by Gasteiger charge is 2.10. The number of anilines is 1. The molecule has 1 aromatic rings. The molecule has 1 aromatic carbocycles. The van der Waals surface area contributed by atoms with Crippen LogP contribution in [0.2, 0.25) is 0 Å². The molecule has 0 aromatic heterocycles. The molecule has 1 rings (SSSR count). The summed E-state index contributed by atoms with van der Waals surface area (Å²) in [7, 11) is 0. The molecule has 0 atom stereocenters. The average molecular weight is 265 g/mol. The molecule has 102 valence electrons. The second kappa shape index (κ2) is 7.15. The third kappa shape index (κ3) is 5.67. The molecule has 6 nitrogen and oxygen atoms in total. The van der Waals surface area contributed by atoms with Crippen molar-refractivity contribution in [3.05, 3.63) is 29.8 Å². The fraction of sp³-hybridized carbons (Fsp3) is 0.308. The lowest BCUT2D eigenvalue weighted by molar-refractivity contribution is -0.145. The molecule has 0 spiro atoms. The number of hydrogen-bond acceptors (Lipinski definition) is 4. The van der Waals surface area contributed by atoms with Crippen LogP contribution in [0.5, 0.6) is 0 Å². The Bertz CT molecular complexity index is 466. The molecule has 0 saturated carbocycles. The first-order chi connectivity index (χ1) is 9.01. The molecule has 0 heterocycles. The topological polar surface area (TPSA) is 92.7 Å². The van der Waals surface area contributed by atoms with E-state index < -0.39 is 17.8 Å². The van der Waals surface area contributed by atoms with Gasteiger partial charge in [-0.25, -0.2) is 0 Å². The molecule has 2 N–H and O–H groups in total. The Morgan fingerprint density at radius 2 is 1.84 bits per heavy atom. The number of nitrogens with one attached hydrogen (secondary N) is 1. The summed E-state index contributed by atoms with van der Waals surface area (Å²) >= 11 is 0. The SMILES string of the molecule is CCOC(=O)CC(=O)Nc1ccc(CC(=O)O)cc1. The molecule has 0 radical (unpaired) electrons. The van der Waals surface area contributed by atoms with E-state index >= 15 is 0 Å². The Kier molecular flexibility index (Phi) is 5.53. The van der Waals surface area contributed by atoms with Gasteiger partial charge in [-0.2, -0.15) is 0 Å². The second-order valence-corrected chi connectivity index (χ2v) is 3.80. The average Bonchev–Trinajstić information content (AvgIpc) is 2.31. The zero-order valence-corrected chi connectivity index (χ0v) is 10.5. The minimum Gasteiger partial charge on any atom is -0.481 e. The lowest BCUT2D eigenvalue weighted by Gasteiger charge is -2.05. The van der Waals surface area contributed by atoms with Gasteiger partial charge in [-0.15, -0.1) is 0 Å². The van der Waals surface area contributed by atoms with E-state index in [9.17, 15) is 14.4 Å². The van der Waals surface area contributed by atoms with E-state index in [2.05, 4.69) is 10.1 Å². The van der Waals surface area contributed by atoms with E-state index in [1.165, 1.54) is 0 Å². The van der Waals surface area contributed by atoms with Crippen LogP contribution in [0.25, 0.3) is 0 Å². The summed E-state index contributed by atoms with van der Waals surface area (Å²) in [4.78, 5) is 33.0. The highest BCUT2D eigenvalue weighted by Crippen LogP contribution is 2.10. The number of benzene rings is 1. The van der Waals surface area contributed by atoms with E-state index in [4.69, 9.17) is 5.11 Å². The van der Waals surface area contributed by atoms with Crippen molar-refractivity contribution in [1.29, 1.82) is 0 Å². The maximum atomic E-state index is 11.5. The van der Waals surface area contributed by atoms with E-state index in [1.54, 1.807) is 31.2 Å². The van der Waals surface area contributed by atoms with Gasteiger partial charge in [-0.3, -0.25) is 14.4 Å². The number of ether oxygens (including phenoxy) is 1. The number of carboxylic acid groups (broad SMARTS) is 1. The Hall–Kier alpha value is -2.37. The quantitative estimate of drug-likeness (QED) is 0.595. The third-order valence-corrected chi connectivity index (χ3v) is 2.20. The highest BCUT2D eigenvalue weighted by atomic mass is 16.5. The van der Waals surface area contributed by atoms with Crippen molar-refractivity contribution in [1.82, 2.24) is 0 Å². The van der Waals surface area contributed by atoms with Crippen molar-refractivity contribution in [2.75, 3.05) is 11.9 Å². The summed E-state index contributed by atoms with van der Waals surface area (Å²) in [6.07, 6.45) is -0.415. The van der Waals surface area contributed by atoms with Gasteiger partial charge in [0.25, 0.3) is 0 Å². The summed E-state index contributed by atoms with van der Waals surface area (Å²) in [5, 5.41) is 11.1. The maximum Gasteiger partial charge on any atom is 0.315 e. The molecule has 0 aliphatic rings. The van der Waals surface area contributed by atoms with Crippen LogP contribution in [0.3, 0.4) is 0 Å². The number of esters is 1. The van der Waals surface area contributed by atoms with Gasteiger partial charge in [-0.1, -0.05) is 12.1 Å². The maximum absolute atomic E-state index is 11.5. The zero-order chi connectivity index (χ0) is 14.3. The van der Waals surface area contributed by atoms with Crippen molar-refractivity contribution in [3.8, 4) is 0 Å². The standard InChI is InChI=1S/C13H15NO5/c1-2-19-13(18)8-11(15)14-10-5-3-9(4-6-10)7-12(16)17/h3-6H,2,7-8H2,1H3,(H,14,15)(H,16,17). The monoisotopic (exact) mass is 265 g/mol. The van der Waals surface area contributed by atoms with Crippen LogP contribution in [-0.2, 0) is 25.5 Å². The molecule has 0 aliphatic heterocycles. The smallest absolute Gasteiger partial charge is 0.315 e. The van der Waals surface area contributed by atoms with Crippen LogP contribution in [-0.4, -0.2) is 29.6 Å². The van der Waals surface area contributed by atoms with Gasteiger partial charge < -0.3 is 15.2 Å². The van der Waals surface area contributed by atoms with E-state index in [-0.39, 0.29) is 19.4 Å². The van der Waals surface area contributed by atoms with E-state index in [0.29, 0.717) is 11.3 Å². The number of hydrogen-bond donors (Lipinski definition) is 2. The van der Waals surface area contributed by atoms with Crippen LogP contribution in [0.1, 0.15) is 18.9 Å². The predicted molar refractivity (Wildman–Crippen MR) is 67.7 cm³/mol. The van der Waals surface area contributed by atoms with Crippen molar-refractivity contribution in [2.45, 2.75) is 19.8 Å². The lowest BCUT2D eigenvalue weighted by Crippen LogP contribution is -2.18. The fourth-order valence-electron chi connectivity index (χ4n) is 1.43. The van der Waals surface area contributed by atoms with Crippen molar-refractivity contribution >= 4 is 23.5 Å². The summed E-state index contributed by atoms with van der Waals surface area (Å²) in [5.41, 5.74) is 1.14. The van der Waals surface area contributed by atoms with Crippen LogP contribution in [0.15, 0.2) is 24.3 Å². The molecule has 0 bridgehead atoms. The number of carboxylic acids is 1. The molecule has 19 heavy (non-hydrogen) atoms. The minimum absolute atomic E-state index is 0.0724. The number of aliphatic carboxylic acids is 1. The van der Waals surface area contributed by atoms with E-state index in [1.807, 2.05) is 0 Å². The van der Waals surface area contributed by atoms with E-state index in [0.717, 1.165) is 0 Å². The summed E-state index contributed by atoms with van der Waals surface area (Å²) in [5.74, 6) is -1.97. The van der Waals surface area contributed by atoms with Crippen LogP contribution in [0, 0.1) is 0 Å². The number of carbonyl (C=O) groups excluding carboxylic acids is 2. The number of carbonyl (C=O) groups is 3. The minimum atomic E-state index is -0.918. The van der Waals surface area contributed by atoms with Gasteiger partial charge in [-0.05, 0) is 24.6 Å². The Balaban J connectivity index is 2.51. The Labute approximate surface area is 110 Å². The van der Waals surface area contributed by atoms with Gasteiger partial charge in [0.1, 0.15) is 6.42 Å². The molecule has 1 amide bonds. The fourth-order valence-corrected chi connectivity index (χ4v) is 1.43. The molecule has 0 unspecified atom stereocenters. The molecular weight excluding hydrogens is 250 g/mol. The Morgan fingerprint density at radius 1 is 1.21 bits per heavy atom. The first-order valence-corrected chi connectivity index (χ1v) is 5.77. The summed E-state index contributed by atoms with van der Waals surface area (Å²) in [6.45, 7) is 1.90. The first kappa shape index (κ1) is 14.7. The van der Waals surface area contributed by atoms with Crippen LogP contribution >= 0.6 is 0 Å². The molecule has 6 heteroatoms. The molecule has 0 fully saturated rings. The normalized spacial score (nSPS) is 9.74. The molecule has 0 saturated heterocycles. The van der Waals surface area contributed by atoms with Gasteiger partial charge >= 0.3 is 11.9 Å². The van der Waals surface area contributed by atoms with Crippen LogP contribution in [0.4, 0.5) is 5.69 Å². The molecule has 0 aliphatic carbocycles. The highest BCUT2D eigenvalue weighted by molar-refractivity contribution is 6.01. The van der Waals surface area contributed by atoms with Gasteiger partial charge in [0.15, 0.2) is 0 Å². The predicted octanol–water partition coefficient (Wildman–Crippen LogP) is 1.21. The number of amides is 1. The largest absolute Gasteiger partial charge is 0.481 e. The summed E-state index contributed by atoms with van der Waals surface area (Å²) in [6, 6.07) is 6.38. The van der Waals surface area contributed by atoms with Crippen molar-refractivity contribution in [2.24, 2.45) is 0 Å². The number of rotatable bonds is 6. The lowest BCUT2D eigenvalue weighted by atomic mass is 10.1. The van der Waals surface area contributed by atoms with Crippen LogP contribution < -0.4 is 5.32 Å².